The number of nitrogens with zero attached hydrogens (tertiary/aromatic N) is 5. The highest BCUT2D eigenvalue weighted by Crippen LogP contribution is 2.37. The van der Waals surface area contributed by atoms with Gasteiger partial charge in [0, 0.05) is 57.5 Å². The van der Waals surface area contributed by atoms with E-state index in [1.54, 1.807) is 19.5 Å². The molecule has 32 heavy (non-hydrogen) atoms. The molecule has 1 aliphatic rings. The van der Waals surface area contributed by atoms with Crippen molar-refractivity contribution in [1.29, 1.82) is 0 Å². The van der Waals surface area contributed by atoms with Crippen molar-refractivity contribution in [2.75, 3.05) is 32.6 Å². The number of benzene rings is 1. The summed E-state index contributed by atoms with van der Waals surface area (Å²) in [4.78, 5) is 31.0. The Labute approximate surface area is 189 Å². The van der Waals surface area contributed by atoms with Crippen molar-refractivity contribution in [2.24, 2.45) is 0 Å². The van der Waals surface area contributed by atoms with Crippen molar-refractivity contribution in [2.45, 2.75) is 31.9 Å². The van der Waals surface area contributed by atoms with Gasteiger partial charge in [0.2, 0.25) is 5.95 Å². The summed E-state index contributed by atoms with van der Waals surface area (Å²) in [7, 11) is 5.52. The molecule has 7 nitrogen and oxygen atoms in total. The molecule has 0 bridgehead atoms. The predicted octanol–water partition coefficient (Wildman–Crippen LogP) is 4.12. The normalized spacial score (nSPS) is 16.1. The zero-order valence-electron chi connectivity index (χ0n) is 18.9. The van der Waals surface area contributed by atoms with Crippen LogP contribution < -0.4 is 4.90 Å². The summed E-state index contributed by atoms with van der Waals surface area (Å²) in [5.41, 5.74) is 4.56. The quantitative estimate of drug-likeness (QED) is 0.585. The van der Waals surface area contributed by atoms with Crippen LogP contribution in [0.15, 0.2) is 55.0 Å². The molecule has 0 N–H and O–H groups in total. The number of hydrogen-bond acceptors (Lipinski definition) is 6. The number of pyridine rings is 1. The average molecular weight is 432 g/mol. The number of ether oxygens (including phenoxy) is 1. The molecule has 166 valence electrons. The second-order valence-corrected chi connectivity index (χ2v) is 8.24. The van der Waals surface area contributed by atoms with Crippen LogP contribution in [-0.4, -0.2) is 53.5 Å². The minimum Gasteiger partial charge on any atom is -0.380 e. The van der Waals surface area contributed by atoms with Crippen molar-refractivity contribution in [3.05, 3.63) is 71.8 Å². The molecular weight excluding hydrogens is 402 g/mol. The molecule has 0 radical (unpaired) electrons. The number of methoxy groups -OCH3 is 1. The van der Waals surface area contributed by atoms with Crippen LogP contribution in [0.3, 0.4) is 0 Å². The number of aromatic nitrogens is 3. The molecule has 0 spiro atoms. The zero-order chi connectivity index (χ0) is 22.5. The zero-order valence-corrected chi connectivity index (χ0v) is 18.9. The van der Waals surface area contributed by atoms with Crippen LogP contribution in [0.1, 0.15) is 46.9 Å². The van der Waals surface area contributed by atoms with Crippen LogP contribution in [0.4, 0.5) is 5.95 Å². The Morgan fingerprint density at radius 1 is 1.12 bits per heavy atom. The van der Waals surface area contributed by atoms with E-state index in [-0.39, 0.29) is 11.9 Å². The van der Waals surface area contributed by atoms with Crippen LogP contribution >= 0.6 is 0 Å². The van der Waals surface area contributed by atoms with Crippen molar-refractivity contribution >= 4 is 11.9 Å². The van der Waals surface area contributed by atoms with E-state index in [2.05, 4.69) is 9.97 Å². The van der Waals surface area contributed by atoms with E-state index in [1.165, 1.54) is 0 Å². The highest BCUT2D eigenvalue weighted by molar-refractivity contribution is 5.94. The Kier molecular flexibility index (Phi) is 6.75. The van der Waals surface area contributed by atoms with Gasteiger partial charge in [0.05, 0.1) is 18.3 Å². The van der Waals surface area contributed by atoms with Gasteiger partial charge in [-0.1, -0.05) is 12.1 Å². The lowest BCUT2D eigenvalue weighted by molar-refractivity contribution is 0.0606. The van der Waals surface area contributed by atoms with Gasteiger partial charge in [-0.3, -0.25) is 9.78 Å². The number of amides is 1. The molecule has 2 aromatic heterocycles. The molecule has 0 aliphatic carbocycles. The smallest absolute Gasteiger partial charge is 0.254 e. The van der Waals surface area contributed by atoms with Crippen LogP contribution in [0.5, 0.6) is 0 Å². The fourth-order valence-electron chi connectivity index (χ4n) is 4.14. The van der Waals surface area contributed by atoms with E-state index in [0.717, 1.165) is 41.6 Å². The van der Waals surface area contributed by atoms with Gasteiger partial charge in [0.25, 0.3) is 5.91 Å². The summed E-state index contributed by atoms with van der Waals surface area (Å²) in [5.74, 6) is 0.670. The third-order valence-corrected chi connectivity index (χ3v) is 5.79. The van der Waals surface area contributed by atoms with E-state index >= 15 is 0 Å². The Morgan fingerprint density at radius 3 is 2.56 bits per heavy atom. The van der Waals surface area contributed by atoms with Gasteiger partial charge in [-0.25, -0.2) is 9.97 Å². The summed E-state index contributed by atoms with van der Waals surface area (Å²) in [5, 5.41) is 0. The standard InChI is InChI=1S/C25H29N5O2/c1-29(2)25-27-16-21(19-11-13-26-14-12-19)23(28-25)22-6-4-5-15-30(22)24(31)20-9-7-18(8-10-20)17-32-3/h7-14,16,22H,4-6,15,17H2,1-3H3/t22-/m1/s1. The summed E-state index contributed by atoms with van der Waals surface area (Å²) >= 11 is 0. The summed E-state index contributed by atoms with van der Waals surface area (Å²) < 4.78 is 5.19. The molecule has 0 saturated carbocycles. The highest BCUT2D eigenvalue weighted by Gasteiger charge is 2.32. The van der Waals surface area contributed by atoms with Crippen LogP contribution in [0.2, 0.25) is 0 Å². The van der Waals surface area contributed by atoms with E-state index in [0.29, 0.717) is 24.7 Å². The highest BCUT2D eigenvalue weighted by atomic mass is 16.5. The fourth-order valence-corrected chi connectivity index (χ4v) is 4.14. The monoisotopic (exact) mass is 431 g/mol. The van der Waals surface area contributed by atoms with Crippen molar-refractivity contribution in [3.63, 3.8) is 0 Å². The Morgan fingerprint density at radius 2 is 1.88 bits per heavy atom. The number of carbonyl (C=O) groups is 1. The summed E-state index contributed by atoms with van der Waals surface area (Å²) in [6.07, 6.45) is 8.31. The summed E-state index contributed by atoms with van der Waals surface area (Å²) in [6.45, 7) is 1.24. The van der Waals surface area contributed by atoms with Gasteiger partial charge in [-0.05, 0) is 54.7 Å². The second kappa shape index (κ2) is 9.87. The van der Waals surface area contributed by atoms with Gasteiger partial charge in [0.1, 0.15) is 0 Å². The molecule has 1 amide bonds. The first-order valence-corrected chi connectivity index (χ1v) is 10.9. The van der Waals surface area contributed by atoms with Gasteiger partial charge in [0.15, 0.2) is 0 Å². The van der Waals surface area contributed by atoms with Crippen molar-refractivity contribution in [3.8, 4) is 11.1 Å². The molecule has 1 aromatic carbocycles. The van der Waals surface area contributed by atoms with Crippen LogP contribution in [0, 0.1) is 0 Å². The van der Waals surface area contributed by atoms with E-state index < -0.39 is 0 Å². The number of likely N-dealkylation sites (tertiary alicyclic amines) is 1. The molecule has 1 atom stereocenters. The lowest BCUT2D eigenvalue weighted by atomic mass is 9.93. The number of piperidine rings is 1. The first-order chi connectivity index (χ1) is 15.6. The largest absolute Gasteiger partial charge is 0.380 e. The maximum atomic E-state index is 13.6. The first-order valence-electron chi connectivity index (χ1n) is 10.9. The second-order valence-electron chi connectivity index (χ2n) is 8.24. The first kappa shape index (κ1) is 21.9. The Bertz CT molecular complexity index is 1050. The molecule has 3 heterocycles. The van der Waals surface area contributed by atoms with E-state index in [1.807, 2.05) is 66.5 Å². The maximum Gasteiger partial charge on any atom is 0.254 e. The molecule has 1 saturated heterocycles. The van der Waals surface area contributed by atoms with E-state index in [9.17, 15) is 4.79 Å². The number of carbonyl (C=O) groups excluding carboxylic acids is 1. The average Bonchev–Trinajstić information content (AvgIpc) is 2.84. The minimum absolute atomic E-state index is 0.0318. The Balaban J connectivity index is 1.73. The molecule has 1 fully saturated rings. The van der Waals surface area contributed by atoms with Crippen LogP contribution in [-0.2, 0) is 11.3 Å². The third kappa shape index (κ3) is 4.62. The molecule has 3 aromatic rings. The molecule has 0 unspecified atom stereocenters. The molecule has 7 heteroatoms. The lowest BCUT2D eigenvalue weighted by Gasteiger charge is -2.36. The number of hydrogen-bond donors (Lipinski definition) is 0. The topological polar surface area (TPSA) is 71.5 Å². The van der Waals surface area contributed by atoms with Gasteiger partial charge in [-0.2, -0.15) is 0 Å². The maximum absolute atomic E-state index is 13.6. The molecule has 4 rings (SSSR count). The number of rotatable bonds is 6. The molecular formula is C25H29N5O2. The minimum atomic E-state index is -0.111. The third-order valence-electron chi connectivity index (χ3n) is 5.79. The summed E-state index contributed by atoms with van der Waals surface area (Å²) in [6, 6.07) is 11.5. The fraction of sp³-hybridized carbons (Fsp3) is 0.360. The van der Waals surface area contributed by atoms with E-state index in [4.69, 9.17) is 9.72 Å². The predicted molar refractivity (Wildman–Crippen MR) is 124 cm³/mol. The van der Waals surface area contributed by atoms with Gasteiger partial charge >= 0.3 is 0 Å². The van der Waals surface area contributed by atoms with Crippen molar-refractivity contribution < 1.29 is 9.53 Å². The Hall–Kier alpha value is -3.32. The van der Waals surface area contributed by atoms with Gasteiger partial charge < -0.3 is 14.5 Å². The lowest BCUT2D eigenvalue weighted by Crippen LogP contribution is -2.39. The SMILES string of the molecule is COCc1ccc(C(=O)N2CCCC[C@@H]2c2nc(N(C)C)ncc2-c2ccncc2)cc1. The van der Waals surface area contributed by atoms with Gasteiger partial charge in [-0.15, -0.1) is 0 Å². The van der Waals surface area contributed by atoms with Crippen LogP contribution in [0.25, 0.3) is 11.1 Å². The number of anilines is 1. The van der Waals surface area contributed by atoms with Crippen molar-refractivity contribution in [1.82, 2.24) is 19.9 Å². The molecule has 1 aliphatic heterocycles.